The van der Waals surface area contributed by atoms with Crippen molar-refractivity contribution < 1.29 is 4.79 Å². The minimum atomic E-state index is -0.0827. The molecule has 0 bridgehead atoms. The van der Waals surface area contributed by atoms with Gasteiger partial charge in [-0.05, 0) is 41.8 Å². The number of nitrogens with zero attached hydrogens (tertiary/aromatic N) is 5. The molecular formula is C21H16N6O. The maximum Gasteiger partial charge on any atom is 0.244 e. The van der Waals surface area contributed by atoms with Crippen LogP contribution in [0.4, 0.5) is 5.69 Å². The Bertz CT molecular complexity index is 1300. The van der Waals surface area contributed by atoms with E-state index >= 15 is 0 Å². The SMILES string of the molecule is O=C(Cn1ccc2ccccc21)Nc1cccc(-c2ccc3nncn3n2)c1. The van der Waals surface area contributed by atoms with E-state index in [4.69, 9.17) is 0 Å². The van der Waals surface area contributed by atoms with Crippen LogP contribution in [0.25, 0.3) is 27.8 Å². The van der Waals surface area contributed by atoms with E-state index in [9.17, 15) is 4.79 Å². The Morgan fingerprint density at radius 1 is 1.00 bits per heavy atom. The van der Waals surface area contributed by atoms with Crippen LogP contribution < -0.4 is 5.32 Å². The Labute approximate surface area is 160 Å². The van der Waals surface area contributed by atoms with Gasteiger partial charge in [0.1, 0.15) is 12.9 Å². The van der Waals surface area contributed by atoms with Crippen molar-refractivity contribution in [3.8, 4) is 11.3 Å². The summed E-state index contributed by atoms with van der Waals surface area (Å²) in [6.45, 7) is 0.253. The number of aromatic nitrogens is 5. The lowest BCUT2D eigenvalue weighted by atomic mass is 10.1. The highest BCUT2D eigenvalue weighted by molar-refractivity contribution is 5.92. The third kappa shape index (κ3) is 2.99. The van der Waals surface area contributed by atoms with Gasteiger partial charge in [-0.1, -0.05) is 30.3 Å². The van der Waals surface area contributed by atoms with Gasteiger partial charge < -0.3 is 9.88 Å². The second-order valence-electron chi connectivity index (χ2n) is 6.48. The van der Waals surface area contributed by atoms with Gasteiger partial charge in [0.05, 0.1) is 5.69 Å². The third-order valence-electron chi connectivity index (χ3n) is 4.60. The molecule has 0 saturated carbocycles. The molecule has 0 unspecified atom stereocenters. The number of nitrogens with one attached hydrogen (secondary N) is 1. The Morgan fingerprint density at radius 2 is 1.93 bits per heavy atom. The van der Waals surface area contributed by atoms with Crippen LogP contribution >= 0.6 is 0 Å². The predicted octanol–water partition coefficient (Wildman–Crippen LogP) is 3.38. The molecule has 3 heterocycles. The van der Waals surface area contributed by atoms with Crippen LogP contribution in [0.2, 0.25) is 0 Å². The highest BCUT2D eigenvalue weighted by Crippen LogP contribution is 2.21. The number of benzene rings is 2. The minimum Gasteiger partial charge on any atom is -0.338 e. The van der Waals surface area contributed by atoms with Gasteiger partial charge >= 0.3 is 0 Å². The molecule has 136 valence electrons. The lowest BCUT2D eigenvalue weighted by Gasteiger charge is -2.09. The molecule has 2 aromatic carbocycles. The standard InChI is InChI=1S/C21H16N6O/c28-21(13-26-11-10-15-4-1-2-7-19(15)26)23-17-6-3-5-16(12-17)18-8-9-20-24-22-14-27(20)25-18/h1-12,14H,13H2,(H,23,28). The number of hydrogen-bond acceptors (Lipinski definition) is 4. The summed E-state index contributed by atoms with van der Waals surface area (Å²) in [5.74, 6) is -0.0827. The van der Waals surface area contributed by atoms with Gasteiger partial charge in [-0.2, -0.15) is 9.61 Å². The Hall–Kier alpha value is -4.00. The number of fused-ring (bicyclic) bond motifs is 2. The molecule has 0 saturated heterocycles. The van der Waals surface area contributed by atoms with Crippen LogP contribution in [-0.2, 0) is 11.3 Å². The van der Waals surface area contributed by atoms with E-state index in [1.54, 1.807) is 10.8 Å². The monoisotopic (exact) mass is 368 g/mol. The van der Waals surface area contributed by atoms with Crippen LogP contribution in [0.5, 0.6) is 0 Å². The summed E-state index contributed by atoms with van der Waals surface area (Å²) in [5.41, 5.74) is 4.13. The zero-order valence-electron chi connectivity index (χ0n) is 14.9. The van der Waals surface area contributed by atoms with Crippen LogP contribution in [0.3, 0.4) is 0 Å². The molecule has 5 aromatic rings. The van der Waals surface area contributed by atoms with Crippen LogP contribution in [-0.4, -0.2) is 30.3 Å². The average Bonchev–Trinajstić information content (AvgIpc) is 3.35. The lowest BCUT2D eigenvalue weighted by molar-refractivity contribution is -0.116. The van der Waals surface area contributed by atoms with E-state index in [0.717, 1.165) is 27.8 Å². The number of carbonyl (C=O) groups excluding carboxylic acids is 1. The summed E-state index contributed by atoms with van der Waals surface area (Å²) in [7, 11) is 0. The predicted molar refractivity (Wildman–Crippen MR) is 107 cm³/mol. The molecule has 0 aliphatic heterocycles. The summed E-state index contributed by atoms with van der Waals surface area (Å²) in [6.07, 6.45) is 3.49. The first kappa shape index (κ1) is 16.2. The normalized spacial score (nSPS) is 11.1. The maximum absolute atomic E-state index is 12.5. The van der Waals surface area contributed by atoms with Crippen molar-refractivity contribution in [3.05, 3.63) is 79.3 Å². The number of para-hydroxylation sites is 1. The first-order chi connectivity index (χ1) is 13.8. The van der Waals surface area contributed by atoms with Gasteiger partial charge in [-0.3, -0.25) is 4.79 Å². The van der Waals surface area contributed by atoms with Gasteiger partial charge in [0.25, 0.3) is 0 Å². The molecule has 0 aliphatic rings. The Balaban J connectivity index is 1.36. The van der Waals surface area contributed by atoms with E-state index in [0.29, 0.717) is 5.65 Å². The maximum atomic E-state index is 12.5. The summed E-state index contributed by atoms with van der Waals surface area (Å²) in [4.78, 5) is 12.5. The zero-order valence-corrected chi connectivity index (χ0v) is 14.9. The second-order valence-corrected chi connectivity index (χ2v) is 6.48. The van der Waals surface area contributed by atoms with E-state index < -0.39 is 0 Å². The van der Waals surface area contributed by atoms with Gasteiger partial charge in [0.2, 0.25) is 5.91 Å². The second kappa shape index (κ2) is 6.62. The van der Waals surface area contributed by atoms with Crippen LogP contribution in [0.1, 0.15) is 0 Å². The van der Waals surface area contributed by atoms with Gasteiger partial charge in [0, 0.05) is 23.0 Å². The van der Waals surface area contributed by atoms with Crippen molar-refractivity contribution in [2.45, 2.75) is 6.54 Å². The van der Waals surface area contributed by atoms with Crippen LogP contribution in [0, 0.1) is 0 Å². The molecule has 0 aliphatic carbocycles. The molecule has 1 amide bonds. The Morgan fingerprint density at radius 3 is 2.89 bits per heavy atom. The summed E-state index contributed by atoms with van der Waals surface area (Å²) in [5, 5.41) is 16.4. The molecular weight excluding hydrogens is 352 g/mol. The number of carbonyl (C=O) groups is 1. The molecule has 0 radical (unpaired) electrons. The number of hydrogen-bond donors (Lipinski definition) is 1. The largest absolute Gasteiger partial charge is 0.338 e. The fourth-order valence-electron chi connectivity index (χ4n) is 3.27. The smallest absolute Gasteiger partial charge is 0.244 e. The van der Waals surface area contributed by atoms with Gasteiger partial charge in [0.15, 0.2) is 5.65 Å². The summed E-state index contributed by atoms with van der Waals surface area (Å²) < 4.78 is 3.56. The fourth-order valence-corrected chi connectivity index (χ4v) is 3.27. The van der Waals surface area contributed by atoms with E-state index in [1.807, 2.05) is 77.5 Å². The van der Waals surface area contributed by atoms with Gasteiger partial charge in [-0.25, -0.2) is 0 Å². The lowest BCUT2D eigenvalue weighted by Crippen LogP contribution is -2.18. The molecule has 5 rings (SSSR count). The van der Waals surface area contributed by atoms with Crippen LogP contribution in [0.15, 0.2) is 79.3 Å². The zero-order chi connectivity index (χ0) is 18.9. The molecule has 1 N–H and O–H groups in total. The molecule has 7 heteroatoms. The number of anilines is 1. The molecule has 0 fully saturated rings. The van der Waals surface area contributed by atoms with Crippen molar-refractivity contribution in [1.29, 1.82) is 0 Å². The van der Waals surface area contributed by atoms with Crippen molar-refractivity contribution in [2.75, 3.05) is 5.32 Å². The molecule has 7 nitrogen and oxygen atoms in total. The molecule has 0 atom stereocenters. The fraction of sp³-hybridized carbons (Fsp3) is 0.0476. The number of rotatable bonds is 4. The highest BCUT2D eigenvalue weighted by atomic mass is 16.1. The average molecular weight is 368 g/mol. The first-order valence-corrected chi connectivity index (χ1v) is 8.87. The van der Waals surface area contributed by atoms with Crippen molar-refractivity contribution in [2.24, 2.45) is 0 Å². The number of amides is 1. The van der Waals surface area contributed by atoms with Crippen molar-refractivity contribution >= 4 is 28.1 Å². The Kier molecular flexibility index (Phi) is 3.83. The van der Waals surface area contributed by atoms with Crippen molar-refractivity contribution in [3.63, 3.8) is 0 Å². The summed E-state index contributed by atoms with van der Waals surface area (Å²) >= 11 is 0. The topological polar surface area (TPSA) is 77.1 Å². The highest BCUT2D eigenvalue weighted by Gasteiger charge is 2.08. The minimum absolute atomic E-state index is 0.0827. The van der Waals surface area contributed by atoms with E-state index in [1.165, 1.54) is 0 Å². The van der Waals surface area contributed by atoms with E-state index in [-0.39, 0.29) is 12.5 Å². The molecule has 28 heavy (non-hydrogen) atoms. The quantitative estimate of drug-likeness (QED) is 0.527. The molecule has 0 spiro atoms. The first-order valence-electron chi connectivity index (χ1n) is 8.87. The van der Waals surface area contributed by atoms with Crippen molar-refractivity contribution in [1.82, 2.24) is 24.4 Å². The van der Waals surface area contributed by atoms with Gasteiger partial charge in [-0.15, -0.1) is 10.2 Å². The third-order valence-corrected chi connectivity index (χ3v) is 4.60. The molecule has 3 aromatic heterocycles. The summed E-state index contributed by atoms with van der Waals surface area (Å²) in [6, 6.07) is 21.4. The van der Waals surface area contributed by atoms with E-state index in [2.05, 4.69) is 20.6 Å².